The summed E-state index contributed by atoms with van der Waals surface area (Å²) in [5.74, 6) is -0.255. The van der Waals surface area contributed by atoms with E-state index < -0.39 is 0 Å². The summed E-state index contributed by atoms with van der Waals surface area (Å²) in [5, 5.41) is 12.9. The molecule has 0 fully saturated rings. The van der Waals surface area contributed by atoms with E-state index >= 15 is 0 Å². The number of aliphatic hydroxyl groups excluding tert-OH is 1. The molecule has 1 aromatic carbocycles. The van der Waals surface area contributed by atoms with Gasteiger partial charge in [0.05, 0.1) is 16.7 Å². The normalized spacial score (nSPS) is 12.2. The fourth-order valence-corrected chi connectivity index (χ4v) is 1.82. The highest BCUT2D eigenvalue weighted by atomic mass is 35.5. The summed E-state index contributed by atoms with van der Waals surface area (Å²) in [5.41, 5.74) is 0.391. The molecule has 2 N–H and O–H groups in total. The van der Waals surface area contributed by atoms with Crippen molar-refractivity contribution in [1.29, 1.82) is 0 Å². The molecule has 5 heteroatoms. The van der Waals surface area contributed by atoms with Crippen molar-refractivity contribution in [3.63, 3.8) is 0 Å². The molecule has 0 saturated carbocycles. The first kappa shape index (κ1) is 14.3. The van der Waals surface area contributed by atoms with Crippen LogP contribution in [-0.2, 0) is 0 Å². The monoisotopic (exact) mass is 275 g/mol. The van der Waals surface area contributed by atoms with Crippen LogP contribution in [0.5, 0.6) is 0 Å². The van der Waals surface area contributed by atoms with Gasteiger partial charge < -0.3 is 10.4 Å². The fraction of sp³-hybridized carbons (Fsp3) is 0.417. The number of benzene rings is 1. The Morgan fingerprint density at radius 1 is 1.47 bits per heavy atom. The average Bonchev–Trinajstić information content (AvgIpc) is 2.28. The summed E-state index contributed by atoms with van der Waals surface area (Å²) < 4.78 is 0. The van der Waals surface area contributed by atoms with Gasteiger partial charge in [0.15, 0.2) is 0 Å². The zero-order chi connectivity index (χ0) is 12.8. The van der Waals surface area contributed by atoms with Gasteiger partial charge >= 0.3 is 0 Å². The van der Waals surface area contributed by atoms with Crippen molar-refractivity contribution in [2.45, 2.75) is 25.9 Å². The Bertz CT molecular complexity index is 396. The Kier molecular flexibility index (Phi) is 5.75. The first-order chi connectivity index (χ1) is 8.04. The van der Waals surface area contributed by atoms with Gasteiger partial charge in [0.25, 0.3) is 5.91 Å². The number of carbonyl (C=O) groups excluding carboxylic acids is 1. The lowest BCUT2D eigenvalue weighted by Crippen LogP contribution is -2.27. The summed E-state index contributed by atoms with van der Waals surface area (Å²) >= 11 is 11.6. The van der Waals surface area contributed by atoms with E-state index in [1.165, 1.54) is 6.07 Å². The van der Waals surface area contributed by atoms with Crippen LogP contribution in [0.4, 0.5) is 0 Å². The highest BCUT2D eigenvalue weighted by Gasteiger charge is 2.10. The van der Waals surface area contributed by atoms with Crippen LogP contribution in [0.3, 0.4) is 0 Å². The topological polar surface area (TPSA) is 49.3 Å². The molecule has 0 bridgehead atoms. The molecule has 3 nitrogen and oxygen atoms in total. The molecule has 17 heavy (non-hydrogen) atoms. The highest BCUT2D eigenvalue weighted by molar-refractivity contribution is 6.36. The number of rotatable bonds is 5. The van der Waals surface area contributed by atoms with Gasteiger partial charge in [-0.3, -0.25) is 4.79 Å². The molecule has 1 atom stereocenters. The maximum absolute atomic E-state index is 11.7. The average molecular weight is 276 g/mol. The Labute approximate surface area is 111 Å². The molecule has 0 aromatic heterocycles. The van der Waals surface area contributed by atoms with Gasteiger partial charge in [-0.15, -0.1) is 0 Å². The molecule has 1 unspecified atom stereocenters. The molecule has 0 saturated heterocycles. The molecule has 0 aliphatic rings. The lowest BCUT2D eigenvalue weighted by Gasteiger charge is -2.09. The number of aliphatic hydroxyl groups is 1. The third kappa shape index (κ3) is 4.54. The lowest BCUT2D eigenvalue weighted by molar-refractivity contribution is 0.0942. The summed E-state index contributed by atoms with van der Waals surface area (Å²) in [7, 11) is 0. The molecular formula is C12H15Cl2NO2. The Balaban J connectivity index is 2.52. The maximum Gasteiger partial charge on any atom is 0.252 e. The predicted molar refractivity (Wildman–Crippen MR) is 69.7 cm³/mol. The minimum Gasteiger partial charge on any atom is -0.393 e. The zero-order valence-corrected chi connectivity index (χ0v) is 11.1. The summed E-state index contributed by atoms with van der Waals surface area (Å²) in [6, 6.07) is 4.72. The Hall–Kier alpha value is -0.770. The van der Waals surface area contributed by atoms with Gasteiger partial charge in [0, 0.05) is 11.6 Å². The van der Waals surface area contributed by atoms with Crippen molar-refractivity contribution >= 4 is 29.1 Å². The van der Waals surface area contributed by atoms with Crippen molar-refractivity contribution in [1.82, 2.24) is 5.32 Å². The maximum atomic E-state index is 11.7. The fourth-order valence-electron chi connectivity index (χ4n) is 1.33. The SMILES string of the molecule is CCC(O)CCNC(=O)c1ccc(Cl)cc1Cl. The quantitative estimate of drug-likeness (QED) is 0.868. The van der Waals surface area contributed by atoms with Crippen LogP contribution in [0, 0.1) is 0 Å². The third-order valence-electron chi connectivity index (χ3n) is 2.41. The van der Waals surface area contributed by atoms with Crippen molar-refractivity contribution in [2.24, 2.45) is 0 Å². The van der Waals surface area contributed by atoms with Crippen LogP contribution in [-0.4, -0.2) is 23.7 Å². The van der Waals surface area contributed by atoms with Crippen LogP contribution in [0.2, 0.25) is 10.0 Å². The van der Waals surface area contributed by atoms with Gasteiger partial charge in [0.2, 0.25) is 0 Å². The van der Waals surface area contributed by atoms with E-state index in [-0.39, 0.29) is 12.0 Å². The Morgan fingerprint density at radius 2 is 2.18 bits per heavy atom. The summed E-state index contributed by atoms with van der Waals surface area (Å²) in [6.45, 7) is 2.31. The standard InChI is InChI=1S/C12H15Cl2NO2/c1-2-9(16)5-6-15-12(17)10-4-3-8(13)7-11(10)14/h3-4,7,9,16H,2,5-6H2,1H3,(H,15,17). The molecule has 0 spiro atoms. The van der Waals surface area contributed by atoms with Crippen molar-refractivity contribution in [2.75, 3.05) is 6.54 Å². The van der Waals surface area contributed by atoms with Crippen LogP contribution < -0.4 is 5.32 Å². The van der Waals surface area contributed by atoms with Crippen LogP contribution >= 0.6 is 23.2 Å². The van der Waals surface area contributed by atoms with E-state index in [0.29, 0.717) is 35.0 Å². The van der Waals surface area contributed by atoms with Crippen LogP contribution in [0.1, 0.15) is 30.1 Å². The van der Waals surface area contributed by atoms with E-state index in [9.17, 15) is 9.90 Å². The number of hydrogen-bond acceptors (Lipinski definition) is 2. The minimum atomic E-state index is -0.379. The van der Waals surface area contributed by atoms with E-state index in [2.05, 4.69) is 5.32 Å². The molecule has 1 amide bonds. The van der Waals surface area contributed by atoms with Crippen molar-refractivity contribution in [3.8, 4) is 0 Å². The molecule has 0 aliphatic carbocycles. The second-order valence-corrected chi connectivity index (χ2v) is 4.57. The van der Waals surface area contributed by atoms with E-state index in [4.69, 9.17) is 23.2 Å². The van der Waals surface area contributed by atoms with E-state index in [0.717, 1.165) is 0 Å². The molecular weight excluding hydrogens is 261 g/mol. The van der Waals surface area contributed by atoms with Crippen LogP contribution in [0.25, 0.3) is 0 Å². The van der Waals surface area contributed by atoms with E-state index in [1.807, 2.05) is 6.92 Å². The van der Waals surface area contributed by atoms with Crippen LogP contribution in [0.15, 0.2) is 18.2 Å². The third-order valence-corrected chi connectivity index (χ3v) is 2.96. The van der Waals surface area contributed by atoms with Crippen molar-refractivity contribution in [3.05, 3.63) is 33.8 Å². The highest BCUT2D eigenvalue weighted by Crippen LogP contribution is 2.20. The number of hydrogen-bond donors (Lipinski definition) is 2. The van der Waals surface area contributed by atoms with Gasteiger partial charge in [-0.1, -0.05) is 30.1 Å². The largest absolute Gasteiger partial charge is 0.393 e. The second kappa shape index (κ2) is 6.84. The lowest BCUT2D eigenvalue weighted by atomic mass is 10.2. The first-order valence-electron chi connectivity index (χ1n) is 5.46. The zero-order valence-electron chi connectivity index (χ0n) is 9.54. The second-order valence-electron chi connectivity index (χ2n) is 3.73. The summed E-state index contributed by atoms with van der Waals surface area (Å²) in [6.07, 6.45) is 0.835. The predicted octanol–water partition coefficient (Wildman–Crippen LogP) is 2.88. The number of carbonyl (C=O) groups is 1. The smallest absolute Gasteiger partial charge is 0.252 e. The molecule has 1 aromatic rings. The molecule has 94 valence electrons. The van der Waals surface area contributed by atoms with Gasteiger partial charge in [-0.2, -0.15) is 0 Å². The number of nitrogens with one attached hydrogen (secondary N) is 1. The minimum absolute atomic E-state index is 0.255. The molecule has 0 aliphatic heterocycles. The summed E-state index contributed by atoms with van der Waals surface area (Å²) in [4.78, 5) is 11.7. The van der Waals surface area contributed by atoms with Gasteiger partial charge in [0.1, 0.15) is 0 Å². The molecule has 0 heterocycles. The molecule has 1 rings (SSSR count). The Morgan fingerprint density at radius 3 is 2.76 bits per heavy atom. The van der Waals surface area contributed by atoms with E-state index in [1.54, 1.807) is 12.1 Å². The van der Waals surface area contributed by atoms with Gasteiger partial charge in [-0.05, 0) is 31.0 Å². The number of amides is 1. The number of halogens is 2. The van der Waals surface area contributed by atoms with Crippen molar-refractivity contribution < 1.29 is 9.90 Å². The first-order valence-corrected chi connectivity index (χ1v) is 6.21. The molecule has 0 radical (unpaired) electrons. The van der Waals surface area contributed by atoms with Gasteiger partial charge in [-0.25, -0.2) is 0 Å².